The molecule has 0 amide bonds. The van der Waals surface area contributed by atoms with E-state index in [2.05, 4.69) is 25.7 Å². The fourth-order valence-electron chi connectivity index (χ4n) is 2.97. The molecule has 0 atom stereocenters. The summed E-state index contributed by atoms with van der Waals surface area (Å²) in [6.07, 6.45) is 4.09. The van der Waals surface area contributed by atoms with Crippen molar-refractivity contribution in [3.63, 3.8) is 0 Å². The number of rotatable bonds is 5. The van der Waals surface area contributed by atoms with Crippen molar-refractivity contribution >= 4 is 28.3 Å². The van der Waals surface area contributed by atoms with Crippen molar-refractivity contribution in [2.75, 3.05) is 6.54 Å². The molecule has 1 aliphatic rings. The molecule has 3 heteroatoms. The Bertz CT molecular complexity index is 829. The molecule has 0 radical (unpaired) electrons. The second kappa shape index (κ2) is 7.27. The van der Waals surface area contributed by atoms with Gasteiger partial charge in [-0.25, -0.2) is 0 Å². The minimum atomic E-state index is 0.0818. The van der Waals surface area contributed by atoms with E-state index >= 15 is 0 Å². The Morgan fingerprint density at radius 1 is 1.12 bits per heavy atom. The SMILES string of the molecule is CCCCN1C(=CC(=O)c2cccc3ccccc23)SC(C)=C1C. The smallest absolute Gasteiger partial charge is 0.189 e. The molecule has 124 valence electrons. The van der Waals surface area contributed by atoms with Gasteiger partial charge in [-0.2, -0.15) is 0 Å². The van der Waals surface area contributed by atoms with Crippen LogP contribution < -0.4 is 0 Å². The number of hydrogen-bond donors (Lipinski definition) is 0. The largest absolute Gasteiger partial charge is 0.339 e. The van der Waals surface area contributed by atoms with Crippen molar-refractivity contribution in [2.45, 2.75) is 33.6 Å². The number of thioether (sulfide) groups is 1. The molecule has 0 fully saturated rings. The zero-order valence-electron chi connectivity index (χ0n) is 14.5. The highest BCUT2D eigenvalue weighted by Gasteiger charge is 2.23. The third-order valence-corrected chi connectivity index (χ3v) is 5.63. The Hall–Kier alpha value is -2.00. The van der Waals surface area contributed by atoms with E-state index in [1.807, 2.05) is 48.5 Å². The first-order valence-electron chi connectivity index (χ1n) is 8.48. The van der Waals surface area contributed by atoms with E-state index in [1.54, 1.807) is 11.8 Å². The number of unbranched alkanes of at least 4 members (excludes halogenated alkanes) is 1. The van der Waals surface area contributed by atoms with Crippen molar-refractivity contribution in [3.05, 3.63) is 69.7 Å². The second-order valence-electron chi connectivity index (χ2n) is 6.12. The van der Waals surface area contributed by atoms with Gasteiger partial charge in [-0.1, -0.05) is 67.6 Å². The number of ketones is 1. The van der Waals surface area contributed by atoms with Gasteiger partial charge in [-0.15, -0.1) is 0 Å². The van der Waals surface area contributed by atoms with Crippen LogP contribution in [0.1, 0.15) is 44.0 Å². The molecule has 0 unspecified atom stereocenters. The van der Waals surface area contributed by atoms with Gasteiger partial charge < -0.3 is 4.90 Å². The maximum Gasteiger partial charge on any atom is 0.189 e. The van der Waals surface area contributed by atoms with E-state index < -0.39 is 0 Å². The summed E-state index contributed by atoms with van der Waals surface area (Å²) in [5.41, 5.74) is 2.05. The molecule has 2 aromatic rings. The molecule has 3 rings (SSSR count). The van der Waals surface area contributed by atoms with Crippen LogP contribution in [0.2, 0.25) is 0 Å². The van der Waals surface area contributed by atoms with Crippen molar-refractivity contribution in [1.29, 1.82) is 0 Å². The summed E-state index contributed by atoms with van der Waals surface area (Å²) >= 11 is 1.71. The third-order valence-electron chi connectivity index (χ3n) is 4.48. The molecule has 24 heavy (non-hydrogen) atoms. The van der Waals surface area contributed by atoms with Crippen LogP contribution in [0.25, 0.3) is 10.8 Å². The van der Waals surface area contributed by atoms with Crippen LogP contribution in [0, 0.1) is 0 Å². The minimum absolute atomic E-state index is 0.0818. The normalized spacial score (nSPS) is 16.5. The van der Waals surface area contributed by atoms with E-state index in [-0.39, 0.29) is 5.78 Å². The quantitative estimate of drug-likeness (QED) is 0.495. The van der Waals surface area contributed by atoms with Crippen molar-refractivity contribution < 1.29 is 4.79 Å². The molecule has 0 saturated heterocycles. The van der Waals surface area contributed by atoms with E-state index in [9.17, 15) is 4.79 Å². The average molecular weight is 337 g/mol. The summed E-state index contributed by atoms with van der Waals surface area (Å²) in [5.74, 6) is 0.0818. The van der Waals surface area contributed by atoms with Gasteiger partial charge in [-0.3, -0.25) is 4.79 Å². The monoisotopic (exact) mass is 337 g/mol. The summed E-state index contributed by atoms with van der Waals surface area (Å²) in [6, 6.07) is 14.0. The Kier molecular flexibility index (Phi) is 5.10. The van der Waals surface area contributed by atoms with Gasteiger partial charge in [-0.05, 0) is 31.0 Å². The van der Waals surface area contributed by atoms with Gasteiger partial charge in [0.1, 0.15) is 0 Å². The molecular formula is C21H23NOS. The number of nitrogens with zero attached hydrogens (tertiary/aromatic N) is 1. The van der Waals surface area contributed by atoms with Crippen molar-refractivity contribution in [3.8, 4) is 0 Å². The third kappa shape index (κ3) is 3.27. The second-order valence-corrected chi connectivity index (χ2v) is 7.36. The predicted octanol–water partition coefficient (Wildman–Crippen LogP) is 5.96. The molecular weight excluding hydrogens is 314 g/mol. The van der Waals surface area contributed by atoms with Gasteiger partial charge >= 0.3 is 0 Å². The Morgan fingerprint density at radius 2 is 1.88 bits per heavy atom. The molecule has 2 nitrogen and oxygen atoms in total. The van der Waals surface area contributed by atoms with Crippen LogP contribution in [0.3, 0.4) is 0 Å². The fourth-order valence-corrected chi connectivity index (χ4v) is 4.05. The lowest BCUT2D eigenvalue weighted by molar-refractivity contribution is 0.104. The summed E-state index contributed by atoms with van der Waals surface area (Å²) in [7, 11) is 0. The first-order chi connectivity index (χ1) is 11.6. The first-order valence-corrected chi connectivity index (χ1v) is 9.30. The summed E-state index contributed by atoms with van der Waals surface area (Å²) in [4.78, 5) is 16.5. The molecule has 0 spiro atoms. The summed E-state index contributed by atoms with van der Waals surface area (Å²) in [5, 5.41) is 3.18. The van der Waals surface area contributed by atoms with Crippen LogP contribution in [-0.4, -0.2) is 17.2 Å². The minimum Gasteiger partial charge on any atom is -0.339 e. The standard InChI is InChI=1S/C21H23NOS/c1-4-5-13-22-15(2)16(3)24-21(22)14-20(23)19-12-8-10-17-9-6-7-11-18(17)19/h6-12,14H,4-5,13H2,1-3H3. The Balaban J connectivity index is 1.93. The highest BCUT2D eigenvalue weighted by molar-refractivity contribution is 8.06. The van der Waals surface area contributed by atoms with E-state index in [4.69, 9.17) is 0 Å². The molecule has 1 heterocycles. The molecule has 0 bridgehead atoms. The Labute approximate surface area is 148 Å². The van der Waals surface area contributed by atoms with E-state index in [0.717, 1.165) is 40.8 Å². The molecule has 0 saturated carbocycles. The molecule has 1 aliphatic heterocycles. The topological polar surface area (TPSA) is 20.3 Å². The lowest BCUT2D eigenvalue weighted by Gasteiger charge is -2.21. The lowest BCUT2D eigenvalue weighted by atomic mass is 10.0. The number of benzene rings is 2. The Morgan fingerprint density at radius 3 is 2.67 bits per heavy atom. The zero-order chi connectivity index (χ0) is 17.1. The van der Waals surface area contributed by atoms with Crippen LogP contribution >= 0.6 is 11.8 Å². The molecule has 0 N–H and O–H groups in total. The van der Waals surface area contributed by atoms with Crippen LogP contribution in [0.5, 0.6) is 0 Å². The highest BCUT2D eigenvalue weighted by Crippen LogP contribution is 2.41. The molecule has 0 aliphatic carbocycles. The predicted molar refractivity (Wildman–Crippen MR) is 104 cm³/mol. The fraction of sp³-hybridized carbons (Fsp3) is 0.286. The summed E-state index contributed by atoms with van der Waals surface area (Å²) in [6.45, 7) is 7.44. The van der Waals surface area contributed by atoms with Crippen LogP contribution in [0.15, 0.2) is 64.2 Å². The number of fused-ring (bicyclic) bond motifs is 1. The van der Waals surface area contributed by atoms with Gasteiger partial charge in [0.2, 0.25) is 0 Å². The maximum atomic E-state index is 12.9. The van der Waals surface area contributed by atoms with E-state index in [1.165, 1.54) is 10.6 Å². The van der Waals surface area contributed by atoms with Crippen molar-refractivity contribution in [1.82, 2.24) is 4.90 Å². The van der Waals surface area contributed by atoms with E-state index in [0.29, 0.717) is 0 Å². The van der Waals surface area contributed by atoms with Gasteiger partial charge in [0.05, 0.1) is 5.03 Å². The van der Waals surface area contributed by atoms with Crippen LogP contribution in [-0.2, 0) is 0 Å². The molecule has 0 aromatic heterocycles. The molecule has 2 aromatic carbocycles. The van der Waals surface area contributed by atoms with Crippen LogP contribution in [0.4, 0.5) is 0 Å². The number of carbonyl (C=O) groups is 1. The highest BCUT2D eigenvalue weighted by atomic mass is 32.2. The lowest BCUT2D eigenvalue weighted by Crippen LogP contribution is -2.18. The van der Waals surface area contributed by atoms with Crippen molar-refractivity contribution in [2.24, 2.45) is 0 Å². The summed E-state index contributed by atoms with van der Waals surface area (Å²) < 4.78 is 0. The first kappa shape index (κ1) is 16.8. The zero-order valence-corrected chi connectivity index (χ0v) is 15.3. The average Bonchev–Trinajstić information content (AvgIpc) is 2.86. The number of carbonyl (C=O) groups excluding carboxylic acids is 1. The van der Waals surface area contributed by atoms with Gasteiger partial charge in [0, 0.05) is 28.8 Å². The maximum absolute atomic E-state index is 12.9. The van der Waals surface area contributed by atoms with Gasteiger partial charge in [0.25, 0.3) is 0 Å². The van der Waals surface area contributed by atoms with Gasteiger partial charge in [0.15, 0.2) is 5.78 Å². The number of allylic oxidation sites excluding steroid dienone is 3. The number of hydrogen-bond acceptors (Lipinski definition) is 3.